The van der Waals surface area contributed by atoms with E-state index in [1.54, 1.807) is 97.1 Å². The molecule has 0 aliphatic rings. The highest BCUT2D eigenvalue weighted by Gasteiger charge is 2.26. The minimum atomic E-state index is -4.20. The van der Waals surface area contributed by atoms with Crippen molar-refractivity contribution in [3.63, 3.8) is 0 Å². The number of nitrogens with two attached hydrogens (primary N) is 2. The molecule has 16 heteroatoms. The molecule has 0 radical (unpaired) electrons. The Morgan fingerprint density at radius 1 is 0.444 bits per heavy atom. The number of alkyl halides is 6. The molecule has 72 heavy (non-hydrogen) atoms. The summed E-state index contributed by atoms with van der Waals surface area (Å²) in [5.74, 6) is -0.369. The van der Waals surface area contributed by atoms with Crippen LogP contribution in [-0.2, 0) is 22.4 Å². The molecule has 0 saturated heterocycles. The van der Waals surface area contributed by atoms with Gasteiger partial charge in [0, 0.05) is 37.1 Å². The van der Waals surface area contributed by atoms with Gasteiger partial charge >= 0.3 is 24.3 Å². The van der Waals surface area contributed by atoms with Crippen LogP contribution in [0.3, 0.4) is 0 Å². The van der Waals surface area contributed by atoms with Crippen molar-refractivity contribution < 1.29 is 64.5 Å². The van der Waals surface area contributed by atoms with Gasteiger partial charge in [-0.05, 0) is 168 Å². The Labute approximate surface area is 411 Å². The number of allylic oxidation sites excluding steroid dienone is 2. The lowest BCUT2D eigenvalue weighted by atomic mass is 9.90. The number of halogens is 6. The number of hydrogen-bond acceptors (Lipinski definition) is 10. The van der Waals surface area contributed by atoms with Gasteiger partial charge in [-0.2, -0.15) is 26.3 Å². The van der Waals surface area contributed by atoms with E-state index in [0.29, 0.717) is 56.3 Å². The van der Waals surface area contributed by atoms with Gasteiger partial charge in [-0.25, -0.2) is 9.59 Å². The van der Waals surface area contributed by atoms with Crippen LogP contribution in [0, 0.1) is 0 Å². The molecule has 0 amide bonds. The summed E-state index contributed by atoms with van der Waals surface area (Å²) in [4.78, 5) is 52.2. The zero-order valence-corrected chi connectivity index (χ0v) is 38.8. The molecule has 0 fully saturated rings. The third kappa shape index (κ3) is 17.7. The van der Waals surface area contributed by atoms with Crippen molar-refractivity contribution in [2.24, 2.45) is 0 Å². The van der Waals surface area contributed by atoms with Crippen molar-refractivity contribution in [1.29, 1.82) is 0 Å². The van der Waals surface area contributed by atoms with Gasteiger partial charge in [0.15, 0.2) is 11.6 Å². The van der Waals surface area contributed by atoms with E-state index in [-0.39, 0.29) is 85.9 Å². The number of esters is 2. The highest BCUT2D eigenvalue weighted by molar-refractivity contribution is 5.98. The average Bonchev–Trinajstić information content (AvgIpc) is 3.33. The number of ketones is 2. The van der Waals surface area contributed by atoms with Gasteiger partial charge < -0.3 is 30.4 Å². The molecular weight excluding hydrogens is 943 g/mol. The van der Waals surface area contributed by atoms with Crippen molar-refractivity contribution in [2.45, 2.75) is 63.7 Å². The third-order valence-corrected chi connectivity index (χ3v) is 10.8. The predicted molar refractivity (Wildman–Crippen MR) is 263 cm³/mol. The summed E-state index contributed by atoms with van der Waals surface area (Å²) in [5.41, 5.74) is 17.7. The second-order valence-electron chi connectivity index (χ2n) is 16.6. The lowest BCUT2D eigenvalue weighted by molar-refractivity contribution is -0.136. The van der Waals surface area contributed by atoms with Gasteiger partial charge in [-0.3, -0.25) is 9.59 Å². The summed E-state index contributed by atoms with van der Waals surface area (Å²) in [7, 11) is 0. The van der Waals surface area contributed by atoms with Crippen LogP contribution in [0.25, 0.3) is 23.3 Å². The lowest BCUT2D eigenvalue weighted by Crippen LogP contribution is -2.09. The fourth-order valence-corrected chi connectivity index (χ4v) is 7.15. The van der Waals surface area contributed by atoms with Gasteiger partial charge in [0.05, 0.1) is 24.3 Å². The highest BCUT2D eigenvalue weighted by atomic mass is 19.4. The Kier molecular flexibility index (Phi) is 18.6. The molecule has 6 rings (SSSR count). The lowest BCUT2D eigenvalue weighted by Gasteiger charge is -2.14. The molecule has 0 unspecified atom stereocenters. The van der Waals surface area contributed by atoms with Crippen LogP contribution in [0.15, 0.2) is 146 Å². The monoisotopic (exact) mass is 992 g/mol. The molecule has 6 aromatic carbocycles. The fourth-order valence-electron chi connectivity index (χ4n) is 7.15. The molecule has 374 valence electrons. The SMILES string of the molecule is Nc1ccc(-c2ccc(N)cc2CC(=O)/C=C/c2ccc(OC(=O)c3ccc(OCCCCC(F)(F)F)cc3)cc2)c(CC(=O)/C=C/c2ccc(OC(=O)c3ccc(OCCCCC(F)(F)F)cc3)cc2)c1. The van der Waals surface area contributed by atoms with Crippen LogP contribution >= 0.6 is 0 Å². The maximum atomic E-state index is 13.4. The zero-order valence-electron chi connectivity index (χ0n) is 38.8. The van der Waals surface area contributed by atoms with Crippen LogP contribution in [0.5, 0.6) is 23.0 Å². The first-order valence-corrected chi connectivity index (χ1v) is 22.8. The zero-order chi connectivity index (χ0) is 51.7. The van der Waals surface area contributed by atoms with E-state index < -0.39 is 37.1 Å². The van der Waals surface area contributed by atoms with Crippen molar-refractivity contribution in [3.05, 3.63) is 179 Å². The third-order valence-electron chi connectivity index (χ3n) is 10.8. The van der Waals surface area contributed by atoms with Crippen molar-refractivity contribution in [1.82, 2.24) is 0 Å². The van der Waals surface area contributed by atoms with Crippen LogP contribution in [0.1, 0.15) is 81.5 Å². The molecule has 6 aromatic rings. The topological polar surface area (TPSA) is 157 Å². The van der Waals surface area contributed by atoms with Crippen LogP contribution in [0.4, 0.5) is 37.7 Å². The normalized spacial score (nSPS) is 11.7. The average molecular weight is 993 g/mol. The van der Waals surface area contributed by atoms with Crippen molar-refractivity contribution in [2.75, 3.05) is 24.7 Å². The van der Waals surface area contributed by atoms with Gasteiger partial charge in [-0.1, -0.05) is 48.6 Å². The van der Waals surface area contributed by atoms with Crippen LogP contribution in [-0.4, -0.2) is 49.1 Å². The van der Waals surface area contributed by atoms with Crippen molar-refractivity contribution in [3.8, 4) is 34.1 Å². The second-order valence-corrected chi connectivity index (χ2v) is 16.6. The van der Waals surface area contributed by atoms with E-state index in [0.717, 1.165) is 0 Å². The summed E-state index contributed by atoms with van der Waals surface area (Å²) < 4.78 is 95.9. The van der Waals surface area contributed by atoms with Gasteiger partial charge in [0.25, 0.3) is 0 Å². The molecule has 0 saturated carbocycles. The van der Waals surface area contributed by atoms with Gasteiger partial charge in [-0.15, -0.1) is 0 Å². The van der Waals surface area contributed by atoms with E-state index in [2.05, 4.69) is 0 Å². The molecule has 0 spiro atoms. The summed E-state index contributed by atoms with van der Waals surface area (Å²) in [6.45, 7) is 0.224. The molecular formula is C56H50F6N2O8. The Morgan fingerprint density at radius 3 is 1.14 bits per heavy atom. The standard InChI is InChI=1S/C56H50F6N2O8/c57-55(58,59)29-1-3-31-69-47-23-11-39(12-24-47)53(67)71-49-19-7-37(8-20-49)5-17-45(65)35-41-33-43(63)15-27-51(41)52-28-16-44(64)34-42(52)36-46(66)18-6-38-9-21-50(22-10-38)72-54(68)40-13-25-48(26-14-40)70-32-4-2-30-56(60,61)62/h5-28,33-34H,1-4,29-32,35-36,63-64H2/b17-5+,18-6+. The Bertz CT molecular complexity index is 2660. The molecule has 0 bridgehead atoms. The Hall–Kier alpha value is -8.14. The number of rotatable bonds is 23. The van der Waals surface area contributed by atoms with Gasteiger partial charge in [0.2, 0.25) is 0 Å². The van der Waals surface area contributed by atoms with E-state index in [1.165, 1.54) is 60.7 Å². The minimum Gasteiger partial charge on any atom is -0.494 e. The number of carbonyl (C=O) groups is 4. The number of anilines is 2. The Morgan fingerprint density at radius 2 is 0.792 bits per heavy atom. The van der Waals surface area contributed by atoms with E-state index >= 15 is 0 Å². The van der Waals surface area contributed by atoms with Gasteiger partial charge in [0.1, 0.15) is 23.0 Å². The highest BCUT2D eigenvalue weighted by Crippen LogP contribution is 2.32. The smallest absolute Gasteiger partial charge is 0.389 e. The number of nitrogen functional groups attached to an aromatic ring is 2. The molecule has 0 aliphatic heterocycles. The molecule has 0 atom stereocenters. The molecule has 0 aliphatic carbocycles. The number of ether oxygens (including phenoxy) is 4. The maximum absolute atomic E-state index is 13.4. The fraction of sp³-hybridized carbons (Fsp3) is 0.214. The number of hydrogen-bond donors (Lipinski definition) is 2. The number of benzene rings is 6. The number of unbranched alkanes of at least 4 members (excludes halogenated alkanes) is 2. The molecule has 0 heterocycles. The quantitative estimate of drug-likeness (QED) is 0.0158. The summed E-state index contributed by atoms with van der Waals surface area (Å²) in [6.07, 6.45) is -3.67. The summed E-state index contributed by atoms with van der Waals surface area (Å²) >= 11 is 0. The first-order chi connectivity index (χ1) is 34.4. The first-order valence-electron chi connectivity index (χ1n) is 22.8. The minimum absolute atomic E-state index is 0.0159. The molecule has 4 N–H and O–H groups in total. The summed E-state index contributed by atoms with van der Waals surface area (Å²) in [5, 5.41) is 0. The van der Waals surface area contributed by atoms with Crippen LogP contribution < -0.4 is 30.4 Å². The van der Waals surface area contributed by atoms with Crippen molar-refractivity contribution >= 4 is 47.0 Å². The van der Waals surface area contributed by atoms with E-state index in [9.17, 15) is 45.5 Å². The molecule has 10 nitrogen and oxygen atoms in total. The number of carbonyl (C=O) groups excluding carboxylic acids is 4. The summed E-state index contributed by atoms with van der Waals surface area (Å²) in [6, 6.07) is 35.6. The van der Waals surface area contributed by atoms with E-state index in [4.69, 9.17) is 30.4 Å². The first kappa shape index (κ1) is 53.2. The van der Waals surface area contributed by atoms with E-state index in [1.807, 2.05) is 0 Å². The Balaban J connectivity index is 0.997. The second kappa shape index (κ2) is 25.1. The predicted octanol–water partition coefficient (Wildman–Crippen LogP) is 12.8. The molecule has 0 aromatic heterocycles. The largest absolute Gasteiger partial charge is 0.494 e. The van der Waals surface area contributed by atoms with Crippen LogP contribution in [0.2, 0.25) is 0 Å². The maximum Gasteiger partial charge on any atom is 0.389 e.